The topological polar surface area (TPSA) is 43.4 Å². The number of nitrogens with zero attached hydrogens (tertiary/aromatic N) is 1. The molecular weight excluding hydrogens is 360 g/mol. The molecule has 1 spiro atoms. The highest BCUT2D eigenvalue weighted by Crippen LogP contribution is 2.46. The molecule has 1 unspecified atom stereocenters. The second-order valence-corrected chi connectivity index (χ2v) is 8.25. The van der Waals surface area contributed by atoms with Crippen LogP contribution in [0, 0.1) is 0 Å². The van der Waals surface area contributed by atoms with Gasteiger partial charge in [-0.25, -0.2) is 0 Å². The molecule has 0 saturated carbocycles. The Bertz CT molecular complexity index is 749. The summed E-state index contributed by atoms with van der Waals surface area (Å²) in [5.74, 6) is 0. The molecule has 3 heterocycles. The Hall–Kier alpha value is -1.46. The van der Waals surface area contributed by atoms with Crippen LogP contribution in [0.25, 0.3) is 0 Å². The summed E-state index contributed by atoms with van der Waals surface area (Å²) in [6.45, 7) is 4.03. The van der Waals surface area contributed by atoms with E-state index in [1.807, 2.05) is 30.5 Å². The van der Waals surface area contributed by atoms with E-state index >= 15 is 0 Å². The number of halogens is 1. The number of hydrogen-bond acceptors (Lipinski definition) is 4. The van der Waals surface area contributed by atoms with Gasteiger partial charge in [-0.2, -0.15) is 0 Å². The van der Waals surface area contributed by atoms with Crippen molar-refractivity contribution in [2.45, 2.75) is 43.2 Å². The highest BCUT2D eigenvalue weighted by atomic mass is 35.5. The summed E-state index contributed by atoms with van der Waals surface area (Å²) in [4.78, 5) is 4.74. The number of nitrogens with one attached hydrogen (secondary N) is 1. The van der Waals surface area contributed by atoms with E-state index in [1.165, 1.54) is 11.3 Å². The number of hydrogen-bond donors (Lipinski definition) is 1. The predicted octanol–water partition coefficient (Wildman–Crippen LogP) is 4.12. The van der Waals surface area contributed by atoms with Gasteiger partial charge < -0.3 is 14.8 Å². The average molecular weight is 387 g/mol. The number of rotatable bonds is 6. The van der Waals surface area contributed by atoms with Gasteiger partial charge in [0.1, 0.15) is 0 Å². The van der Waals surface area contributed by atoms with E-state index in [2.05, 4.69) is 23.5 Å². The monoisotopic (exact) mass is 386 g/mol. The van der Waals surface area contributed by atoms with E-state index in [-0.39, 0.29) is 11.0 Å². The van der Waals surface area contributed by atoms with Gasteiger partial charge in [-0.1, -0.05) is 29.8 Å². The van der Waals surface area contributed by atoms with Crippen LogP contribution in [0.2, 0.25) is 5.02 Å². The zero-order chi connectivity index (χ0) is 18.6. The van der Waals surface area contributed by atoms with E-state index < -0.39 is 0 Å². The van der Waals surface area contributed by atoms with Crippen LogP contribution < -0.4 is 5.32 Å². The molecule has 2 aromatic rings. The van der Waals surface area contributed by atoms with Gasteiger partial charge in [0.05, 0.1) is 12.2 Å². The van der Waals surface area contributed by atoms with Crippen molar-refractivity contribution in [1.29, 1.82) is 0 Å². The van der Waals surface area contributed by atoms with Crippen LogP contribution in [0.15, 0.2) is 48.7 Å². The fourth-order valence-corrected chi connectivity index (χ4v) is 4.72. The van der Waals surface area contributed by atoms with Crippen molar-refractivity contribution < 1.29 is 9.47 Å². The quantitative estimate of drug-likeness (QED) is 0.758. The van der Waals surface area contributed by atoms with Gasteiger partial charge in [0.15, 0.2) is 0 Å². The molecule has 2 aliphatic heterocycles. The molecular formula is C22H27ClN2O2. The Balaban J connectivity index is 1.45. The number of benzene rings is 1. The second-order valence-electron chi connectivity index (χ2n) is 7.81. The Morgan fingerprint density at radius 2 is 2.07 bits per heavy atom. The van der Waals surface area contributed by atoms with Gasteiger partial charge in [0.2, 0.25) is 0 Å². The minimum Gasteiger partial charge on any atom is -0.378 e. The number of ether oxygens (including phenoxy) is 2. The van der Waals surface area contributed by atoms with Crippen molar-refractivity contribution >= 4 is 11.6 Å². The number of pyridine rings is 1. The lowest BCUT2D eigenvalue weighted by Crippen LogP contribution is -2.49. The predicted molar refractivity (Wildman–Crippen MR) is 107 cm³/mol. The maximum Gasteiger partial charge on any atom is 0.0945 e. The first-order valence-corrected chi connectivity index (χ1v) is 10.2. The molecule has 2 aliphatic rings. The summed E-state index contributed by atoms with van der Waals surface area (Å²) >= 11 is 6.09. The summed E-state index contributed by atoms with van der Waals surface area (Å²) < 4.78 is 11.9. The fourth-order valence-electron chi connectivity index (χ4n) is 4.50. The van der Waals surface area contributed by atoms with Crippen molar-refractivity contribution in [2.75, 3.05) is 26.4 Å². The lowest BCUT2D eigenvalue weighted by Gasteiger charge is -2.45. The molecule has 0 aliphatic carbocycles. The first kappa shape index (κ1) is 18.9. The number of aromatic nitrogens is 1. The smallest absolute Gasteiger partial charge is 0.0945 e. The highest BCUT2D eigenvalue weighted by Gasteiger charge is 2.49. The van der Waals surface area contributed by atoms with Crippen LogP contribution in [0.4, 0.5) is 0 Å². The summed E-state index contributed by atoms with van der Waals surface area (Å²) in [7, 11) is 0. The zero-order valence-electron chi connectivity index (χ0n) is 15.6. The zero-order valence-corrected chi connectivity index (χ0v) is 16.4. The van der Waals surface area contributed by atoms with Crippen molar-refractivity contribution in [3.05, 3.63) is 64.9 Å². The van der Waals surface area contributed by atoms with E-state index in [0.717, 1.165) is 57.0 Å². The molecule has 0 radical (unpaired) electrons. The molecule has 1 N–H and O–H groups in total. The maximum atomic E-state index is 6.20. The summed E-state index contributed by atoms with van der Waals surface area (Å²) in [5.41, 5.74) is 2.29. The SMILES string of the molecule is Clc1cccc(CNCC[C@@]2(c3ccccn3)CCOC3(CCOC3)C2)c1. The molecule has 2 atom stereocenters. The summed E-state index contributed by atoms with van der Waals surface area (Å²) in [5, 5.41) is 4.38. The van der Waals surface area contributed by atoms with E-state index in [4.69, 9.17) is 26.1 Å². The van der Waals surface area contributed by atoms with Crippen LogP contribution in [0.5, 0.6) is 0 Å². The first-order chi connectivity index (χ1) is 13.2. The molecule has 2 fully saturated rings. The summed E-state index contributed by atoms with van der Waals surface area (Å²) in [6.07, 6.45) is 5.91. The van der Waals surface area contributed by atoms with Crippen LogP contribution in [0.3, 0.4) is 0 Å². The minimum absolute atomic E-state index is 0.0363. The Morgan fingerprint density at radius 3 is 2.85 bits per heavy atom. The van der Waals surface area contributed by atoms with Gasteiger partial charge in [0.25, 0.3) is 0 Å². The Kier molecular flexibility index (Phi) is 5.79. The Labute approximate surface area is 166 Å². The normalized spacial score (nSPS) is 27.9. The second kappa shape index (κ2) is 8.27. The minimum atomic E-state index is -0.136. The maximum absolute atomic E-state index is 6.20. The van der Waals surface area contributed by atoms with Gasteiger partial charge in [-0.15, -0.1) is 0 Å². The van der Waals surface area contributed by atoms with Gasteiger partial charge in [0, 0.05) is 48.5 Å². The van der Waals surface area contributed by atoms with E-state index in [0.29, 0.717) is 6.61 Å². The largest absolute Gasteiger partial charge is 0.378 e. The molecule has 0 amide bonds. The standard InChI is InChI=1S/C22H27ClN2O2/c23-19-5-3-4-18(14-19)15-24-11-7-21(20-6-1-2-10-25-20)8-13-27-22(16-21)9-12-26-17-22/h1-6,10,14,24H,7-9,11-13,15-17H2/t21-,22?/m1/s1. The van der Waals surface area contributed by atoms with Crippen LogP contribution in [-0.4, -0.2) is 37.0 Å². The average Bonchev–Trinajstić information content (AvgIpc) is 3.13. The van der Waals surface area contributed by atoms with Crippen molar-refractivity contribution in [2.24, 2.45) is 0 Å². The fraction of sp³-hybridized carbons (Fsp3) is 0.500. The van der Waals surface area contributed by atoms with Crippen LogP contribution >= 0.6 is 11.6 Å². The van der Waals surface area contributed by atoms with Crippen molar-refractivity contribution in [3.63, 3.8) is 0 Å². The third-order valence-electron chi connectivity index (χ3n) is 5.92. The van der Waals surface area contributed by atoms with Gasteiger partial charge >= 0.3 is 0 Å². The van der Waals surface area contributed by atoms with Crippen LogP contribution in [0.1, 0.15) is 36.9 Å². The van der Waals surface area contributed by atoms with Crippen molar-refractivity contribution in [1.82, 2.24) is 10.3 Å². The third kappa shape index (κ3) is 4.35. The molecule has 27 heavy (non-hydrogen) atoms. The van der Waals surface area contributed by atoms with E-state index in [9.17, 15) is 0 Å². The molecule has 5 heteroatoms. The summed E-state index contributed by atoms with van der Waals surface area (Å²) in [6, 6.07) is 14.3. The van der Waals surface area contributed by atoms with Gasteiger partial charge in [-0.05, 0) is 55.6 Å². The molecule has 4 rings (SSSR count). The molecule has 0 bridgehead atoms. The third-order valence-corrected chi connectivity index (χ3v) is 6.16. The molecule has 144 valence electrons. The van der Waals surface area contributed by atoms with E-state index in [1.54, 1.807) is 0 Å². The lowest BCUT2D eigenvalue weighted by atomic mass is 9.68. The van der Waals surface area contributed by atoms with Crippen molar-refractivity contribution in [3.8, 4) is 0 Å². The molecule has 2 saturated heterocycles. The Morgan fingerprint density at radius 1 is 1.11 bits per heavy atom. The first-order valence-electron chi connectivity index (χ1n) is 9.78. The lowest BCUT2D eigenvalue weighted by molar-refractivity contribution is -0.109. The molecule has 1 aromatic carbocycles. The van der Waals surface area contributed by atoms with Crippen LogP contribution in [-0.2, 0) is 21.4 Å². The molecule has 1 aromatic heterocycles. The molecule has 4 nitrogen and oxygen atoms in total. The highest BCUT2D eigenvalue weighted by molar-refractivity contribution is 6.30. The van der Waals surface area contributed by atoms with Gasteiger partial charge in [-0.3, -0.25) is 4.98 Å².